The zero-order valence-corrected chi connectivity index (χ0v) is 17.0. The summed E-state index contributed by atoms with van der Waals surface area (Å²) in [5, 5.41) is 14.3. The number of halogens is 1. The number of rotatable bonds is 3. The zero-order chi connectivity index (χ0) is 20.0. The molecule has 1 amide bonds. The molecule has 0 aliphatic heterocycles. The van der Waals surface area contributed by atoms with Gasteiger partial charge in [-0.3, -0.25) is 9.59 Å². The minimum absolute atomic E-state index is 0.261. The Bertz CT molecular complexity index is 1150. The number of hydrogen-bond acceptors (Lipinski definition) is 5. The summed E-state index contributed by atoms with van der Waals surface area (Å²) >= 11 is 7.57. The summed E-state index contributed by atoms with van der Waals surface area (Å²) in [4.78, 5) is 29.8. The Morgan fingerprint density at radius 3 is 2.93 bits per heavy atom. The van der Waals surface area contributed by atoms with Crippen LogP contribution in [-0.2, 0) is 12.8 Å². The van der Waals surface area contributed by atoms with Crippen molar-refractivity contribution in [2.24, 2.45) is 5.92 Å². The third-order valence-electron chi connectivity index (χ3n) is 5.08. The van der Waals surface area contributed by atoms with Gasteiger partial charge in [-0.1, -0.05) is 18.5 Å². The van der Waals surface area contributed by atoms with E-state index in [-0.39, 0.29) is 11.3 Å². The van der Waals surface area contributed by atoms with Crippen LogP contribution in [-0.4, -0.2) is 23.1 Å². The largest absolute Gasteiger partial charge is 0.506 e. The van der Waals surface area contributed by atoms with Crippen LogP contribution in [0.25, 0.3) is 10.2 Å². The van der Waals surface area contributed by atoms with Crippen LogP contribution >= 0.6 is 22.9 Å². The Morgan fingerprint density at radius 2 is 2.21 bits per heavy atom. The highest BCUT2D eigenvalue weighted by Gasteiger charge is 2.27. The highest BCUT2D eigenvalue weighted by Crippen LogP contribution is 2.41. The maximum atomic E-state index is 12.7. The van der Waals surface area contributed by atoms with Crippen molar-refractivity contribution in [1.29, 1.82) is 0 Å². The lowest BCUT2D eigenvalue weighted by Crippen LogP contribution is -2.23. The summed E-state index contributed by atoms with van der Waals surface area (Å²) in [5.74, 6) is 0.0897. The molecule has 2 aromatic heterocycles. The first-order valence-electron chi connectivity index (χ1n) is 8.93. The lowest BCUT2D eigenvalue weighted by molar-refractivity contribution is 0.102. The summed E-state index contributed by atoms with van der Waals surface area (Å²) in [6.07, 6.45) is 2.76. The minimum Gasteiger partial charge on any atom is -0.506 e. The van der Waals surface area contributed by atoms with Crippen LogP contribution < -0.4 is 15.6 Å². The maximum absolute atomic E-state index is 12.7. The number of H-pyrrole nitrogens is 1. The molecule has 3 aromatic rings. The van der Waals surface area contributed by atoms with Crippen LogP contribution in [0.5, 0.6) is 11.5 Å². The van der Waals surface area contributed by atoms with Crippen LogP contribution in [0.3, 0.4) is 0 Å². The summed E-state index contributed by atoms with van der Waals surface area (Å²) in [7, 11) is 1.49. The van der Waals surface area contributed by atoms with Crippen molar-refractivity contribution in [2.45, 2.75) is 26.2 Å². The number of aromatic nitrogens is 1. The first kappa shape index (κ1) is 18.8. The van der Waals surface area contributed by atoms with Crippen molar-refractivity contribution < 1.29 is 14.6 Å². The van der Waals surface area contributed by atoms with E-state index in [1.54, 1.807) is 12.1 Å². The number of aromatic amines is 1. The number of aromatic hydroxyl groups is 1. The van der Waals surface area contributed by atoms with Gasteiger partial charge < -0.3 is 20.1 Å². The number of methoxy groups -OCH3 is 1. The Labute approximate surface area is 170 Å². The molecule has 1 aliphatic carbocycles. The van der Waals surface area contributed by atoms with Crippen LogP contribution in [0.1, 0.15) is 34.1 Å². The Balaban J connectivity index is 1.75. The number of aryl methyl sites for hydroxylation is 1. The van der Waals surface area contributed by atoms with Crippen molar-refractivity contribution in [1.82, 2.24) is 4.98 Å². The van der Waals surface area contributed by atoms with Crippen LogP contribution in [0, 0.1) is 5.92 Å². The number of carbonyl (C=O) groups is 1. The first-order chi connectivity index (χ1) is 13.4. The molecule has 4 rings (SSSR count). The van der Waals surface area contributed by atoms with Gasteiger partial charge in [-0.25, -0.2) is 0 Å². The Kier molecular flexibility index (Phi) is 4.81. The lowest BCUT2D eigenvalue weighted by atomic mass is 9.89. The molecule has 1 aromatic carbocycles. The number of fused-ring (bicyclic) bond motifs is 3. The molecular formula is C20H19ClN2O4S. The molecule has 0 spiro atoms. The molecule has 146 valence electrons. The number of anilines is 1. The fraction of sp³-hybridized carbons (Fsp3) is 0.300. The van der Waals surface area contributed by atoms with Crippen molar-refractivity contribution in [3.8, 4) is 11.5 Å². The standard InChI is InChI=1S/C20H19ClN2O4S/c1-9-3-5-11-14(7-9)28-20-15(11)17(24)16(19(26)23-20)18(25)22-10-4-6-13(27-2)12(21)8-10/h4,6,8-9H,3,5,7H2,1-2H3,(H,22,25)(H2,23,24,26). The topological polar surface area (TPSA) is 91.4 Å². The van der Waals surface area contributed by atoms with E-state index in [1.165, 1.54) is 29.4 Å². The second-order valence-electron chi connectivity index (χ2n) is 7.04. The number of pyridine rings is 1. The van der Waals surface area contributed by atoms with E-state index in [1.807, 2.05) is 0 Å². The summed E-state index contributed by atoms with van der Waals surface area (Å²) in [5.41, 5.74) is 0.525. The van der Waals surface area contributed by atoms with Gasteiger partial charge in [0.15, 0.2) is 0 Å². The van der Waals surface area contributed by atoms with Gasteiger partial charge in [-0.2, -0.15) is 0 Å². The number of nitrogens with one attached hydrogen (secondary N) is 2. The van der Waals surface area contributed by atoms with Gasteiger partial charge in [0.25, 0.3) is 11.5 Å². The average molecular weight is 419 g/mol. The summed E-state index contributed by atoms with van der Waals surface area (Å²) in [6.45, 7) is 2.19. The van der Waals surface area contributed by atoms with Gasteiger partial charge >= 0.3 is 0 Å². The van der Waals surface area contributed by atoms with Crippen molar-refractivity contribution in [2.75, 3.05) is 12.4 Å². The molecular weight excluding hydrogens is 400 g/mol. The molecule has 8 heteroatoms. The van der Waals surface area contributed by atoms with Crippen LogP contribution in [0.15, 0.2) is 23.0 Å². The highest BCUT2D eigenvalue weighted by molar-refractivity contribution is 7.18. The third kappa shape index (κ3) is 3.14. The van der Waals surface area contributed by atoms with Gasteiger partial charge in [0, 0.05) is 10.6 Å². The molecule has 0 saturated carbocycles. The van der Waals surface area contributed by atoms with Crippen molar-refractivity contribution in [3.05, 3.63) is 49.6 Å². The predicted molar refractivity (Wildman–Crippen MR) is 111 cm³/mol. The molecule has 1 unspecified atom stereocenters. The van der Waals surface area contributed by atoms with E-state index in [9.17, 15) is 14.7 Å². The molecule has 0 fully saturated rings. The molecule has 6 nitrogen and oxygen atoms in total. The molecule has 2 heterocycles. The van der Waals surface area contributed by atoms with Gasteiger partial charge in [0.05, 0.1) is 17.5 Å². The van der Waals surface area contributed by atoms with E-state index in [2.05, 4.69) is 17.2 Å². The highest BCUT2D eigenvalue weighted by atomic mass is 35.5. The fourth-order valence-electron chi connectivity index (χ4n) is 3.64. The molecule has 28 heavy (non-hydrogen) atoms. The third-order valence-corrected chi connectivity index (χ3v) is 6.54. The van der Waals surface area contributed by atoms with E-state index < -0.39 is 11.5 Å². The quantitative estimate of drug-likeness (QED) is 0.590. The molecule has 0 radical (unpaired) electrons. The molecule has 1 atom stereocenters. The van der Waals surface area contributed by atoms with Gasteiger partial charge in [0.1, 0.15) is 21.9 Å². The van der Waals surface area contributed by atoms with E-state index >= 15 is 0 Å². The van der Waals surface area contributed by atoms with Crippen molar-refractivity contribution >= 4 is 44.7 Å². The number of ether oxygens (including phenoxy) is 1. The number of carbonyl (C=O) groups excluding carboxylic acids is 1. The van der Waals surface area contributed by atoms with E-state index in [0.29, 0.717) is 32.6 Å². The predicted octanol–water partition coefficient (Wildman–Crippen LogP) is 4.33. The first-order valence-corrected chi connectivity index (χ1v) is 10.1. The summed E-state index contributed by atoms with van der Waals surface area (Å²) in [6, 6.07) is 4.75. The van der Waals surface area contributed by atoms with Gasteiger partial charge in [-0.05, 0) is 48.9 Å². The molecule has 0 saturated heterocycles. The molecule has 0 bridgehead atoms. The summed E-state index contributed by atoms with van der Waals surface area (Å²) < 4.78 is 5.09. The van der Waals surface area contributed by atoms with E-state index in [0.717, 1.165) is 24.8 Å². The monoisotopic (exact) mass is 418 g/mol. The zero-order valence-electron chi connectivity index (χ0n) is 15.4. The van der Waals surface area contributed by atoms with Crippen molar-refractivity contribution in [3.63, 3.8) is 0 Å². The second kappa shape index (κ2) is 7.14. The SMILES string of the molecule is COc1ccc(NC(=O)c2c(O)c3c4c(sc3[nH]c2=O)CC(C)CC4)cc1Cl. The van der Waals surface area contributed by atoms with Crippen LogP contribution in [0.2, 0.25) is 5.02 Å². The van der Waals surface area contributed by atoms with Gasteiger partial charge in [0.2, 0.25) is 0 Å². The smallest absolute Gasteiger partial charge is 0.265 e. The van der Waals surface area contributed by atoms with Gasteiger partial charge in [-0.15, -0.1) is 11.3 Å². The normalized spacial score (nSPS) is 16.0. The average Bonchev–Trinajstić information content (AvgIpc) is 2.98. The Morgan fingerprint density at radius 1 is 1.43 bits per heavy atom. The van der Waals surface area contributed by atoms with E-state index in [4.69, 9.17) is 16.3 Å². The minimum atomic E-state index is -0.689. The number of benzene rings is 1. The Hall–Kier alpha value is -2.51. The maximum Gasteiger partial charge on any atom is 0.265 e. The van der Waals surface area contributed by atoms with Crippen LogP contribution in [0.4, 0.5) is 5.69 Å². The number of hydrogen-bond donors (Lipinski definition) is 3. The second-order valence-corrected chi connectivity index (χ2v) is 8.55. The molecule has 3 N–H and O–H groups in total. The lowest BCUT2D eigenvalue weighted by Gasteiger charge is -2.18. The molecule has 1 aliphatic rings. The number of thiophene rings is 1. The fourth-order valence-corrected chi connectivity index (χ4v) is 5.30. The number of amides is 1.